The Morgan fingerprint density at radius 2 is 0.941 bits per heavy atom. The van der Waals surface area contributed by atoms with E-state index in [4.69, 9.17) is 9.97 Å². The molecule has 12 aromatic rings. The summed E-state index contributed by atoms with van der Waals surface area (Å²) in [4.78, 5) is 10.5. The number of fused-ring (bicyclic) bond motifs is 6. The third-order valence-corrected chi connectivity index (χ3v) is 13.7. The lowest BCUT2D eigenvalue weighted by molar-refractivity contribution is 0.811. The standard InChI is InChI=1S/C64H44N4/c1-4-16-43(17-5-1)44-30-32-47(33-31-44)58-42-57(46-18-6-2-7-19-46)65-64(66-58)50-21-14-20-48(40-50)49-36-39-55-54-24-10-12-27-59(54)68(62(55)41-49)52-37-34-45(35-38-52)53-26-15-29-61-63(53)56-25-11-13-28-60(56)67(61)51-22-8-3-9-23-51/h1-18,20-42,46H,19H2. The van der Waals surface area contributed by atoms with Crippen molar-refractivity contribution in [2.45, 2.75) is 12.3 Å². The highest BCUT2D eigenvalue weighted by molar-refractivity contribution is 6.16. The monoisotopic (exact) mass is 868 g/mol. The molecule has 3 aromatic heterocycles. The summed E-state index contributed by atoms with van der Waals surface area (Å²) in [7, 11) is 0. The van der Waals surface area contributed by atoms with Crippen LogP contribution in [0, 0.1) is 0 Å². The molecule has 68 heavy (non-hydrogen) atoms. The lowest BCUT2D eigenvalue weighted by Gasteiger charge is -2.16. The van der Waals surface area contributed by atoms with E-state index in [0.29, 0.717) is 0 Å². The molecule has 0 saturated carbocycles. The SMILES string of the molecule is C1=CCC(c2cc(-c3ccc(-c4ccccc4)cc3)nc(-c3cccc(-c4ccc5c6ccccc6n(-c6ccc(-c7cccc8c7c7ccccc7n8-c7ccccc7)cc6)c5c4)c3)n2)C=C1. The molecule has 0 spiro atoms. The molecule has 1 atom stereocenters. The van der Waals surface area contributed by atoms with Gasteiger partial charge in [-0.05, 0) is 100 Å². The second-order valence-electron chi connectivity index (χ2n) is 17.7. The van der Waals surface area contributed by atoms with E-state index < -0.39 is 0 Å². The van der Waals surface area contributed by atoms with Crippen LogP contribution in [0.15, 0.2) is 249 Å². The Morgan fingerprint density at radius 1 is 0.368 bits per heavy atom. The lowest BCUT2D eigenvalue weighted by Crippen LogP contribution is -2.04. The van der Waals surface area contributed by atoms with Gasteiger partial charge in [-0.15, -0.1) is 0 Å². The fourth-order valence-corrected chi connectivity index (χ4v) is 10.4. The maximum Gasteiger partial charge on any atom is 0.160 e. The van der Waals surface area contributed by atoms with E-state index >= 15 is 0 Å². The minimum absolute atomic E-state index is 0.181. The van der Waals surface area contributed by atoms with Crippen LogP contribution in [0.3, 0.4) is 0 Å². The summed E-state index contributed by atoms with van der Waals surface area (Å²) >= 11 is 0. The van der Waals surface area contributed by atoms with Gasteiger partial charge in [0.25, 0.3) is 0 Å². The quantitative estimate of drug-likeness (QED) is 0.153. The van der Waals surface area contributed by atoms with Crippen molar-refractivity contribution in [1.82, 2.24) is 19.1 Å². The predicted octanol–water partition coefficient (Wildman–Crippen LogP) is 16.6. The van der Waals surface area contributed by atoms with Crippen LogP contribution in [-0.2, 0) is 0 Å². The van der Waals surface area contributed by atoms with Gasteiger partial charge in [-0.2, -0.15) is 0 Å². The second kappa shape index (κ2) is 16.5. The second-order valence-corrected chi connectivity index (χ2v) is 17.7. The number of rotatable bonds is 8. The fourth-order valence-electron chi connectivity index (χ4n) is 10.4. The van der Waals surface area contributed by atoms with Gasteiger partial charge in [-0.3, -0.25) is 0 Å². The van der Waals surface area contributed by atoms with Crippen LogP contribution in [-0.4, -0.2) is 19.1 Å². The molecule has 0 amide bonds. The van der Waals surface area contributed by atoms with E-state index in [0.717, 1.165) is 62.8 Å². The topological polar surface area (TPSA) is 35.6 Å². The summed E-state index contributed by atoms with van der Waals surface area (Å²) in [6, 6.07) is 81.0. The van der Waals surface area contributed by atoms with Crippen LogP contribution >= 0.6 is 0 Å². The summed E-state index contributed by atoms with van der Waals surface area (Å²) in [5.41, 5.74) is 18.0. The van der Waals surface area contributed by atoms with Crippen LogP contribution in [0.1, 0.15) is 18.0 Å². The van der Waals surface area contributed by atoms with E-state index in [1.54, 1.807) is 0 Å². The van der Waals surface area contributed by atoms with Gasteiger partial charge in [-0.1, -0.05) is 188 Å². The molecule has 13 rings (SSSR count). The van der Waals surface area contributed by atoms with Crippen molar-refractivity contribution in [3.8, 4) is 67.4 Å². The molecule has 0 aliphatic heterocycles. The van der Waals surface area contributed by atoms with Gasteiger partial charge in [0.2, 0.25) is 0 Å². The Hall–Kier alpha value is -8.86. The van der Waals surface area contributed by atoms with Crippen molar-refractivity contribution in [2.24, 2.45) is 0 Å². The molecule has 4 nitrogen and oxygen atoms in total. The van der Waals surface area contributed by atoms with E-state index in [1.165, 1.54) is 60.3 Å². The average molecular weight is 869 g/mol. The smallest absolute Gasteiger partial charge is 0.160 e. The van der Waals surface area contributed by atoms with Crippen molar-refractivity contribution in [2.75, 3.05) is 0 Å². The Morgan fingerprint density at radius 3 is 1.74 bits per heavy atom. The number of nitrogens with zero attached hydrogens (tertiary/aromatic N) is 4. The number of aromatic nitrogens is 4. The molecule has 0 saturated heterocycles. The third-order valence-electron chi connectivity index (χ3n) is 13.7. The van der Waals surface area contributed by atoms with Crippen LogP contribution in [0.2, 0.25) is 0 Å². The van der Waals surface area contributed by atoms with Crippen molar-refractivity contribution >= 4 is 43.6 Å². The zero-order valence-electron chi connectivity index (χ0n) is 37.2. The van der Waals surface area contributed by atoms with Crippen molar-refractivity contribution < 1.29 is 0 Å². The summed E-state index contributed by atoms with van der Waals surface area (Å²) in [5, 5.41) is 4.96. The number of hydrogen-bond acceptors (Lipinski definition) is 2. The van der Waals surface area contributed by atoms with Crippen LogP contribution < -0.4 is 0 Å². The predicted molar refractivity (Wildman–Crippen MR) is 284 cm³/mol. The minimum Gasteiger partial charge on any atom is -0.309 e. The molecule has 1 aliphatic carbocycles. The van der Waals surface area contributed by atoms with Crippen LogP contribution in [0.4, 0.5) is 0 Å². The molecule has 0 fully saturated rings. The summed E-state index contributed by atoms with van der Waals surface area (Å²) < 4.78 is 4.80. The first-order valence-corrected chi connectivity index (χ1v) is 23.4. The molecule has 1 unspecified atom stereocenters. The maximum absolute atomic E-state index is 5.26. The third kappa shape index (κ3) is 6.85. The molecule has 0 bridgehead atoms. The van der Waals surface area contributed by atoms with Crippen LogP contribution in [0.5, 0.6) is 0 Å². The fraction of sp³-hybridized carbons (Fsp3) is 0.0312. The summed E-state index contributed by atoms with van der Waals surface area (Å²) in [6.07, 6.45) is 9.62. The van der Waals surface area contributed by atoms with E-state index in [9.17, 15) is 0 Å². The Balaban J connectivity index is 0.889. The van der Waals surface area contributed by atoms with Gasteiger partial charge in [0.15, 0.2) is 5.82 Å². The molecule has 0 N–H and O–H groups in total. The summed E-state index contributed by atoms with van der Waals surface area (Å²) in [6.45, 7) is 0. The normalized spacial score (nSPS) is 13.6. The average Bonchev–Trinajstić information content (AvgIpc) is 3.94. The Kier molecular flexibility index (Phi) is 9.61. The Labute approximate surface area is 395 Å². The number of para-hydroxylation sites is 3. The van der Waals surface area contributed by atoms with Crippen molar-refractivity contribution in [1.29, 1.82) is 0 Å². The molecule has 4 heteroatoms. The molecule has 320 valence electrons. The molecule has 3 heterocycles. The van der Waals surface area contributed by atoms with E-state index in [-0.39, 0.29) is 5.92 Å². The van der Waals surface area contributed by atoms with Gasteiger partial charge >= 0.3 is 0 Å². The zero-order chi connectivity index (χ0) is 45.0. The van der Waals surface area contributed by atoms with Gasteiger partial charge in [0.1, 0.15) is 0 Å². The highest BCUT2D eigenvalue weighted by Gasteiger charge is 2.19. The Bertz CT molecular complexity index is 3910. The molecular formula is C64H44N4. The van der Waals surface area contributed by atoms with Crippen molar-refractivity contribution in [3.05, 3.63) is 254 Å². The first-order valence-electron chi connectivity index (χ1n) is 23.4. The highest BCUT2D eigenvalue weighted by Crippen LogP contribution is 2.41. The zero-order valence-corrected chi connectivity index (χ0v) is 37.2. The highest BCUT2D eigenvalue weighted by atomic mass is 15.0. The summed E-state index contributed by atoms with van der Waals surface area (Å²) in [5.74, 6) is 0.908. The number of hydrogen-bond donors (Lipinski definition) is 0. The van der Waals surface area contributed by atoms with Crippen LogP contribution in [0.25, 0.3) is 111 Å². The molecule has 1 aliphatic rings. The largest absolute Gasteiger partial charge is 0.309 e. The van der Waals surface area contributed by atoms with E-state index in [1.807, 2.05) is 0 Å². The van der Waals surface area contributed by atoms with Gasteiger partial charge in [-0.25, -0.2) is 9.97 Å². The van der Waals surface area contributed by atoms with Gasteiger partial charge in [0.05, 0.1) is 33.5 Å². The van der Waals surface area contributed by atoms with Gasteiger partial charge < -0.3 is 9.13 Å². The van der Waals surface area contributed by atoms with Crippen molar-refractivity contribution in [3.63, 3.8) is 0 Å². The minimum atomic E-state index is 0.181. The maximum atomic E-state index is 5.26. The lowest BCUT2D eigenvalue weighted by atomic mass is 9.95. The number of allylic oxidation sites excluding steroid dienone is 4. The first kappa shape index (κ1) is 39.5. The molecule has 0 radical (unpaired) electrons. The van der Waals surface area contributed by atoms with E-state index in [2.05, 4.69) is 258 Å². The molecule has 9 aromatic carbocycles. The molecular weight excluding hydrogens is 825 g/mol. The first-order chi connectivity index (χ1) is 33.7. The number of benzene rings is 9. The van der Waals surface area contributed by atoms with Gasteiger partial charge in [0, 0.05) is 50.0 Å².